The highest BCUT2D eigenvalue weighted by Crippen LogP contribution is 2.43. The van der Waals surface area contributed by atoms with E-state index in [1.807, 2.05) is 91.0 Å². The van der Waals surface area contributed by atoms with Gasteiger partial charge in [0, 0.05) is 27.7 Å². The predicted octanol–water partition coefficient (Wildman–Crippen LogP) is 4.08. The summed E-state index contributed by atoms with van der Waals surface area (Å²) in [4.78, 5) is 49.1. The van der Waals surface area contributed by atoms with Crippen molar-refractivity contribution in [2.45, 2.75) is 57.4 Å². The molecule has 10 nitrogen and oxygen atoms in total. The molecule has 0 spiro atoms. The Labute approximate surface area is 249 Å². The van der Waals surface area contributed by atoms with E-state index in [-0.39, 0.29) is 6.61 Å². The molecule has 1 aliphatic rings. The minimum absolute atomic E-state index is 0.360. The topological polar surface area (TPSA) is 124 Å². The smallest absolute Gasteiger partial charge is 0.305 e. The highest BCUT2D eigenvalue weighted by atomic mass is 16.8. The highest BCUT2D eigenvalue weighted by Gasteiger charge is 2.60. The maximum Gasteiger partial charge on any atom is 0.305 e. The fraction of sp³-hybridized carbons (Fsp3) is 0.333. The van der Waals surface area contributed by atoms with Crippen LogP contribution < -0.4 is 0 Å². The van der Waals surface area contributed by atoms with Crippen LogP contribution in [0.4, 0.5) is 0 Å². The molecule has 0 amide bonds. The molecule has 0 aromatic heterocycles. The first kappa shape index (κ1) is 31.4. The molecule has 43 heavy (non-hydrogen) atoms. The second-order valence-electron chi connectivity index (χ2n) is 10.0. The van der Waals surface area contributed by atoms with Crippen LogP contribution in [-0.4, -0.2) is 61.2 Å². The summed E-state index contributed by atoms with van der Waals surface area (Å²) in [6.45, 7) is 3.78. The van der Waals surface area contributed by atoms with Gasteiger partial charge in [0.25, 0.3) is 5.79 Å². The summed E-state index contributed by atoms with van der Waals surface area (Å²) in [5, 5.41) is 0. The van der Waals surface area contributed by atoms with Gasteiger partial charge >= 0.3 is 23.9 Å². The van der Waals surface area contributed by atoms with E-state index in [1.54, 1.807) is 0 Å². The van der Waals surface area contributed by atoms with Crippen LogP contribution in [-0.2, 0) is 53.2 Å². The molecule has 0 unspecified atom stereocenters. The standard InChI is InChI=1S/C33H34O10/c1-22(34)40-29-20-38-32(43-25(4)37,31(42-24(3)36)30(29)41-23(2)35)21-39-33(26-14-8-5-9-15-26,27-16-10-6-11-17-27)28-18-12-7-13-19-28/h5-19,29-31H,20-21H2,1-4H3/t29-,30+,31+,32+/m0/s1. The molecule has 0 saturated carbocycles. The molecule has 1 saturated heterocycles. The zero-order valence-corrected chi connectivity index (χ0v) is 24.4. The van der Waals surface area contributed by atoms with Crippen molar-refractivity contribution in [1.82, 2.24) is 0 Å². The molecule has 1 fully saturated rings. The summed E-state index contributed by atoms with van der Waals surface area (Å²) in [5.74, 6) is -5.10. The summed E-state index contributed by atoms with van der Waals surface area (Å²) >= 11 is 0. The lowest BCUT2D eigenvalue weighted by atomic mass is 9.80. The second-order valence-corrected chi connectivity index (χ2v) is 10.0. The van der Waals surface area contributed by atoms with Gasteiger partial charge < -0.3 is 28.4 Å². The first-order valence-electron chi connectivity index (χ1n) is 13.7. The molecular weight excluding hydrogens is 556 g/mol. The Morgan fingerprint density at radius 2 is 1.12 bits per heavy atom. The summed E-state index contributed by atoms with van der Waals surface area (Å²) in [6.07, 6.45) is -4.13. The van der Waals surface area contributed by atoms with Crippen molar-refractivity contribution in [3.8, 4) is 0 Å². The van der Waals surface area contributed by atoms with Gasteiger partial charge in [-0.3, -0.25) is 19.2 Å². The fourth-order valence-corrected chi connectivity index (χ4v) is 5.29. The molecule has 0 radical (unpaired) electrons. The minimum Gasteiger partial charge on any atom is -0.456 e. The van der Waals surface area contributed by atoms with E-state index >= 15 is 0 Å². The zero-order valence-electron chi connectivity index (χ0n) is 24.4. The molecule has 3 aromatic rings. The molecule has 4 atom stereocenters. The highest BCUT2D eigenvalue weighted by molar-refractivity contribution is 5.69. The fourth-order valence-electron chi connectivity index (χ4n) is 5.29. The van der Waals surface area contributed by atoms with Gasteiger partial charge in [-0.1, -0.05) is 91.0 Å². The summed E-state index contributed by atoms with van der Waals surface area (Å²) in [6, 6.07) is 28.3. The van der Waals surface area contributed by atoms with E-state index in [1.165, 1.54) is 6.92 Å². The SMILES string of the molecule is CC(=O)O[C@@H]1[C@@H](OC(C)=O)CO[C@](COC(c2ccccc2)(c2ccccc2)c2ccccc2)(OC(C)=O)[C@@H]1OC(C)=O. The van der Waals surface area contributed by atoms with Gasteiger partial charge in [0.05, 0.1) is 6.61 Å². The number of esters is 4. The van der Waals surface area contributed by atoms with Crippen molar-refractivity contribution < 1.29 is 47.6 Å². The lowest BCUT2D eigenvalue weighted by molar-refractivity contribution is -0.345. The third-order valence-corrected chi connectivity index (χ3v) is 6.85. The molecule has 4 rings (SSSR count). The van der Waals surface area contributed by atoms with E-state index in [0.29, 0.717) is 0 Å². The Balaban J connectivity index is 1.90. The van der Waals surface area contributed by atoms with Crippen LogP contribution in [0, 0.1) is 0 Å². The van der Waals surface area contributed by atoms with Gasteiger partial charge in [0.1, 0.15) is 12.2 Å². The van der Waals surface area contributed by atoms with E-state index in [9.17, 15) is 19.2 Å². The van der Waals surface area contributed by atoms with E-state index in [2.05, 4.69) is 0 Å². The molecule has 1 heterocycles. The molecule has 1 aliphatic heterocycles. The van der Waals surface area contributed by atoms with Crippen LogP contribution in [0.15, 0.2) is 91.0 Å². The number of rotatable bonds is 10. The van der Waals surface area contributed by atoms with Crippen molar-refractivity contribution in [3.05, 3.63) is 108 Å². The zero-order chi connectivity index (χ0) is 31.0. The molecular formula is C33H34O10. The number of carbonyl (C=O) groups is 4. The Morgan fingerprint density at radius 1 is 0.674 bits per heavy atom. The van der Waals surface area contributed by atoms with Crippen molar-refractivity contribution in [3.63, 3.8) is 0 Å². The average Bonchev–Trinajstić information content (AvgIpc) is 2.97. The monoisotopic (exact) mass is 590 g/mol. The van der Waals surface area contributed by atoms with Gasteiger partial charge in [-0.25, -0.2) is 0 Å². The number of hydrogen-bond acceptors (Lipinski definition) is 10. The first-order chi connectivity index (χ1) is 20.6. The molecule has 10 heteroatoms. The van der Waals surface area contributed by atoms with Gasteiger partial charge in [0.2, 0.25) is 6.10 Å². The van der Waals surface area contributed by atoms with Crippen LogP contribution in [0.3, 0.4) is 0 Å². The van der Waals surface area contributed by atoms with Crippen LogP contribution in [0.5, 0.6) is 0 Å². The maximum atomic E-state index is 12.6. The van der Waals surface area contributed by atoms with Gasteiger partial charge in [-0.05, 0) is 16.7 Å². The summed E-state index contributed by atoms with van der Waals surface area (Å²) in [5.41, 5.74) is 0.976. The van der Waals surface area contributed by atoms with Gasteiger partial charge in [-0.15, -0.1) is 0 Å². The normalized spacial score (nSPS) is 21.7. The third-order valence-electron chi connectivity index (χ3n) is 6.85. The van der Waals surface area contributed by atoms with Gasteiger partial charge in [-0.2, -0.15) is 0 Å². The molecule has 0 N–H and O–H groups in total. The van der Waals surface area contributed by atoms with E-state index < -0.39 is 60.2 Å². The Bertz CT molecular complexity index is 1310. The van der Waals surface area contributed by atoms with E-state index in [0.717, 1.165) is 37.5 Å². The van der Waals surface area contributed by atoms with Crippen LogP contribution in [0.2, 0.25) is 0 Å². The van der Waals surface area contributed by atoms with Crippen LogP contribution >= 0.6 is 0 Å². The second kappa shape index (κ2) is 13.6. The number of benzene rings is 3. The molecule has 226 valence electrons. The van der Waals surface area contributed by atoms with Crippen molar-refractivity contribution in [1.29, 1.82) is 0 Å². The number of carbonyl (C=O) groups excluding carboxylic acids is 4. The lowest BCUT2D eigenvalue weighted by Crippen LogP contribution is -2.67. The van der Waals surface area contributed by atoms with E-state index in [4.69, 9.17) is 28.4 Å². The first-order valence-corrected chi connectivity index (χ1v) is 13.7. The van der Waals surface area contributed by atoms with Crippen molar-refractivity contribution in [2.24, 2.45) is 0 Å². The summed E-state index contributed by atoms with van der Waals surface area (Å²) < 4.78 is 35.2. The van der Waals surface area contributed by atoms with Crippen molar-refractivity contribution in [2.75, 3.05) is 13.2 Å². The molecule has 0 aliphatic carbocycles. The lowest BCUT2D eigenvalue weighted by Gasteiger charge is -2.48. The minimum atomic E-state index is -2.11. The van der Waals surface area contributed by atoms with Gasteiger partial charge in [0.15, 0.2) is 12.2 Å². The summed E-state index contributed by atoms with van der Waals surface area (Å²) in [7, 11) is 0. The van der Waals surface area contributed by atoms with Crippen molar-refractivity contribution >= 4 is 23.9 Å². The largest absolute Gasteiger partial charge is 0.456 e. The number of ether oxygens (including phenoxy) is 6. The predicted molar refractivity (Wildman–Crippen MR) is 152 cm³/mol. The molecule has 3 aromatic carbocycles. The average molecular weight is 591 g/mol. The maximum absolute atomic E-state index is 12.6. The van der Waals surface area contributed by atoms with Crippen LogP contribution in [0.1, 0.15) is 44.4 Å². The quantitative estimate of drug-likeness (QED) is 0.194. The molecule has 0 bridgehead atoms. The Morgan fingerprint density at radius 3 is 1.51 bits per heavy atom. The van der Waals surface area contributed by atoms with Crippen LogP contribution in [0.25, 0.3) is 0 Å². The number of hydrogen-bond donors (Lipinski definition) is 0. The third kappa shape index (κ3) is 7.10. The Hall–Kier alpha value is -4.54. The Kier molecular flexibility index (Phi) is 9.95.